The molecule has 0 aromatic carbocycles. The lowest BCUT2D eigenvalue weighted by Crippen LogP contribution is -2.47. The Morgan fingerprint density at radius 2 is 2.12 bits per heavy atom. The summed E-state index contributed by atoms with van der Waals surface area (Å²) in [5.41, 5.74) is 9.54. The van der Waals surface area contributed by atoms with Crippen molar-refractivity contribution in [2.75, 3.05) is 0 Å². The average Bonchev–Trinajstić information content (AvgIpc) is 2.79. The van der Waals surface area contributed by atoms with E-state index in [2.05, 4.69) is 26.0 Å². The first-order valence-corrected chi connectivity index (χ1v) is 9.51. The summed E-state index contributed by atoms with van der Waals surface area (Å²) >= 11 is 0. The highest BCUT2D eigenvalue weighted by Crippen LogP contribution is 2.61. The monoisotopic (exact) mass is 343 g/mol. The normalized spacial score (nSPS) is 45.4. The van der Waals surface area contributed by atoms with Crippen molar-refractivity contribution < 1.29 is 14.6 Å². The van der Waals surface area contributed by atoms with Crippen molar-refractivity contribution >= 4 is 5.97 Å². The number of aliphatic hydroxyl groups is 1. The summed E-state index contributed by atoms with van der Waals surface area (Å²) < 4.78 is 5.43. The zero-order valence-corrected chi connectivity index (χ0v) is 15.4. The molecule has 0 unspecified atom stereocenters. The van der Waals surface area contributed by atoms with E-state index in [9.17, 15) is 9.90 Å². The highest BCUT2D eigenvalue weighted by molar-refractivity contribution is 5.67. The van der Waals surface area contributed by atoms with Gasteiger partial charge in [-0.25, -0.2) is 0 Å². The van der Waals surface area contributed by atoms with Gasteiger partial charge < -0.3 is 15.6 Å². The van der Waals surface area contributed by atoms with Gasteiger partial charge in [0.15, 0.2) is 0 Å². The lowest BCUT2D eigenvalue weighted by atomic mass is 9.53. The quantitative estimate of drug-likeness (QED) is 0.566. The highest BCUT2D eigenvalue weighted by atomic mass is 16.5. The molecule has 0 aliphatic heterocycles. The number of hydrogen-bond acceptors (Lipinski definition) is 4. The van der Waals surface area contributed by atoms with Gasteiger partial charge >= 0.3 is 5.97 Å². The minimum atomic E-state index is -0.301. The third-order valence-corrected chi connectivity index (χ3v) is 7.45. The number of fused-ring (bicyclic) bond motifs is 4. The summed E-state index contributed by atoms with van der Waals surface area (Å²) in [7, 11) is 0. The van der Waals surface area contributed by atoms with E-state index < -0.39 is 0 Å². The number of esters is 1. The standard InChI is InChI=1S/C21H29NO3/c1-12(23)25-18-11-17-15-5-4-13-10-14(24)6-8-20(13,2)16(15)7-9-21(17,3)19(18)22/h6,8,11,13-14,17,19,24H,4-5,7,9-10,22H2,1-3H3/t13-,14+,17+,19+,20+,21+/m1/s1. The fourth-order valence-corrected chi connectivity index (χ4v) is 5.87. The van der Waals surface area contributed by atoms with Gasteiger partial charge in [0.25, 0.3) is 0 Å². The largest absolute Gasteiger partial charge is 0.430 e. The van der Waals surface area contributed by atoms with Gasteiger partial charge in [-0.15, -0.1) is 0 Å². The van der Waals surface area contributed by atoms with Crippen molar-refractivity contribution in [2.24, 2.45) is 28.4 Å². The Kier molecular flexibility index (Phi) is 3.79. The van der Waals surface area contributed by atoms with Crippen LogP contribution >= 0.6 is 0 Å². The van der Waals surface area contributed by atoms with Crippen molar-refractivity contribution in [1.29, 1.82) is 0 Å². The van der Waals surface area contributed by atoms with Gasteiger partial charge in [0.2, 0.25) is 0 Å². The maximum absolute atomic E-state index is 11.4. The van der Waals surface area contributed by atoms with Crippen LogP contribution in [0.5, 0.6) is 0 Å². The van der Waals surface area contributed by atoms with Crippen LogP contribution in [0.4, 0.5) is 0 Å². The van der Waals surface area contributed by atoms with E-state index in [0.717, 1.165) is 32.1 Å². The molecule has 0 radical (unpaired) electrons. The molecule has 4 aliphatic carbocycles. The first kappa shape index (κ1) is 17.0. The Morgan fingerprint density at radius 1 is 1.36 bits per heavy atom. The summed E-state index contributed by atoms with van der Waals surface area (Å²) in [6, 6.07) is -0.218. The van der Waals surface area contributed by atoms with Gasteiger partial charge in [0, 0.05) is 23.7 Å². The molecule has 4 aliphatic rings. The molecule has 0 fully saturated rings. The molecular formula is C21H29NO3. The summed E-state index contributed by atoms with van der Waals surface area (Å²) in [4.78, 5) is 11.4. The Labute approximate surface area is 149 Å². The van der Waals surface area contributed by atoms with Crippen molar-refractivity contribution in [3.63, 3.8) is 0 Å². The fraction of sp³-hybridized carbons (Fsp3) is 0.667. The maximum Gasteiger partial charge on any atom is 0.307 e. The number of carbonyl (C=O) groups excluding carboxylic acids is 1. The van der Waals surface area contributed by atoms with Crippen LogP contribution in [0.1, 0.15) is 52.9 Å². The van der Waals surface area contributed by atoms with Crippen molar-refractivity contribution in [3.8, 4) is 0 Å². The SMILES string of the molecule is CC(=O)OC1=C[C@H]2C3=C(CC[C@]2(C)[C@H]1N)[C@@]1(C)C=C[C@H](O)C[C@H]1CC3. The van der Waals surface area contributed by atoms with Crippen molar-refractivity contribution in [1.82, 2.24) is 0 Å². The molecule has 0 heterocycles. The van der Waals surface area contributed by atoms with Gasteiger partial charge in [0.05, 0.1) is 12.1 Å². The molecule has 0 aromatic rings. The number of carbonyl (C=O) groups is 1. The Morgan fingerprint density at radius 3 is 2.84 bits per heavy atom. The number of aliphatic hydroxyl groups excluding tert-OH is 1. The van der Waals surface area contributed by atoms with Crippen LogP contribution in [0, 0.1) is 22.7 Å². The van der Waals surface area contributed by atoms with E-state index in [0.29, 0.717) is 11.7 Å². The summed E-state index contributed by atoms with van der Waals surface area (Å²) in [6.07, 6.45) is 11.1. The molecule has 0 bridgehead atoms. The minimum Gasteiger partial charge on any atom is -0.430 e. The molecule has 0 saturated carbocycles. The maximum atomic E-state index is 11.4. The second kappa shape index (κ2) is 5.55. The lowest BCUT2D eigenvalue weighted by molar-refractivity contribution is -0.137. The second-order valence-corrected chi connectivity index (χ2v) is 8.81. The van der Waals surface area contributed by atoms with Gasteiger partial charge in [-0.1, -0.05) is 37.1 Å². The number of ether oxygens (including phenoxy) is 1. The number of rotatable bonds is 1. The molecule has 4 heteroatoms. The smallest absolute Gasteiger partial charge is 0.307 e. The third kappa shape index (κ3) is 2.37. The first-order chi connectivity index (χ1) is 11.8. The molecule has 0 saturated heterocycles. The van der Waals surface area contributed by atoms with Gasteiger partial charge in [0.1, 0.15) is 5.76 Å². The summed E-state index contributed by atoms with van der Waals surface area (Å²) in [5.74, 6) is 1.13. The molecule has 4 nitrogen and oxygen atoms in total. The third-order valence-electron chi connectivity index (χ3n) is 7.45. The number of nitrogens with two attached hydrogens (primary N) is 1. The van der Waals surface area contributed by atoms with E-state index in [1.165, 1.54) is 12.5 Å². The van der Waals surface area contributed by atoms with Crippen molar-refractivity contribution in [2.45, 2.75) is 65.0 Å². The van der Waals surface area contributed by atoms with Crippen LogP contribution in [-0.4, -0.2) is 23.2 Å². The van der Waals surface area contributed by atoms with E-state index >= 15 is 0 Å². The van der Waals surface area contributed by atoms with Gasteiger partial charge in [-0.2, -0.15) is 0 Å². The molecule has 4 rings (SSSR count). The Hall–Kier alpha value is -1.39. The topological polar surface area (TPSA) is 72.5 Å². The molecule has 0 amide bonds. The van der Waals surface area contributed by atoms with Crippen LogP contribution in [0.25, 0.3) is 0 Å². The van der Waals surface area contributed by atoms with Gasteiger partial charge in [-0.3, -0.25) is 4.79 Å². The molecule has 6 atom stereocenters. The van der Waals surface area contributed by atoms with E-state index in [-0.39, 0.29) is 34.9 Å². The zero-order chi connectivity index (χ0) is 18.0. The molecular weight excluding hydrogens is 314 g/mol. The molecule has 136 valence electrons. The number of hydrogen-bond donors (Lipinski definition) is 2. The highest BCUT2D eigenvalue weighted by Gasteiger charge is 2.54. The average molecular weight is 343 g/mol. The molecule has 0 spiro atoms. The fourth-order valence-electron chi connectivity index (χ4n) is 5.87. The lowest BCUT2D eigenvalue weighted by Gasteiger charge is -2.52. The van der Waals surface area contributed by atoms with E-state index in [4.69, 9.17) is 10.5 Å². The summed E-state index contributed by atoms with van der Waals surface area (Å²) in [5, 5.41) is 10.0. The van der Waals surface area contributed by atoms with Crippen LogP contribution in [-0.2, 0) is 9.53 Å². The summed E-state index contributed by atoms with van der Waals surface area (Å²) in [6.45, 7) is 6.02. The molecule has 3 N–H and O–H groups in total. The van der Waals surface area contributed by atoms with Crippen LogP contribution in [0.3, 0.4) is 0 Å². The zero-order valence-electron chi connectivity index (χ0n) is 15.4. The van der Waals surface area contributed by atoms with Crippen molar-refractivity contribution in [3.05, 3.63) is 35.1 Å². The predicted octanol–water partition coefficient (Wildman–Crippen LogP) is 3.22. The molecule has 25 heavy (non-hydrogen) atoms. The van der Waals surface area contributed by atoms with Crippen LogP contribution in [0.2, 0.25) is 0 Å². The van der Waals surface area contributed by atoms with Gasteiger partial charge in [-0.05, 0) is 44.1 Å². The van der Waals surface area contributed by atoms with E-state index in [1.54, 1.807) is 5.57 Å². The Balaban J connectivity index is 1.76. The minimum absolute atomic E-state index is 0.0519. The predicted molar refractivity (Wildman–Crippen MR) is 96.3 cm³/mol. The van der Waals surface area contributed by atoms with Crippen LogP contribution in [0.15, 0.2) is 35.1 Å². The van der Waals surface area contributed by atoms with Crippen LogP contribution < -0.4 is 5.73 Å². The Bertz CT molecular complexity index is 706. The first-order valence-electron chi connectivity index (χ1n) is 9.51. The van der Waals surface area contributed by atoms with E-state index in [1.807, 2.05) is 6.08 Å². The number of allylic oxidation sites excluding steroid dienone is 4. The second-order valence-electron chi connectivity index (χ2n) is 8.81. The molecule has 0 aromatic heterocycles.